The van der Waals surface area contributed by atoms with Crippen LogP contribution in [0.3, 0.4) is 0 Å². The lowest BCUT2D eigenvalue weighted by Crippen LogP contribution is -2.34. The van der Waals surface area contributed by atoms with Crippen LogP contribution in [0, 0.1) is 5.92 Å². The summed E-state index contributed by atoms with van der Waals surface area (Å²) in [7, 11) is 0. The lowest BCUT2D eigenvalue weighted by molar-refractivity contribution is -0.120. The zero-order valence-corrected chi connectivity index (χ0v) is 10.8. The van der Waals surface area contributed by atoms with Gasteiger partial charge in [-0.05, 0) is 38.6 Å². The Hall–Kier alpha value is -0.0900. The quantitative estimate of drug-likeness (QED) is 0.786. The number of nitrogens with one attached hydrogen (secondary N) is 1. The van der Waals surface area contributed by atoms with Gasteiger partial charge in [0.15, 0.2) is 0 Å². The predicted octanol–water partition coefficient (Wildman–Crippen LogP) is 1.37. The molecule has 0 spiro atoms. The molecule has 2 atom stereocenters. The van der Waals surface area contributed by atoms with Crippen molar-refractivity contribution < 1.29 is 4.79 Å². The molecule has 86 valence electrons. The molecular formula is C11H19BrN2O. The Kier molecular flexibility index (Phi) is 3.67. The number of halogens is 1. The Labute approximate surface area is 99.7 Å². The van der Waals surface area contributed by atoms with Gasteiger partial charge in [-0.1, -0.05) is 15.9 Å². The fourth-order valence-electron chi connectivity index (χ4n) is 2.19. The van der Waals surface area contributed by atoms with Crippen LogP contribution in [0.1, 0.15) is 26.2 Å². The van der Waals surface area contributed by atoms with E-state index in [1.807, 2.05) is 6.92 Å². The Morgan fingerprint density at radius 1 is 1.53 bits per heavy atom. The molecule has 1 saturated carbocycles. The standard InChI is InChI=1S/C11H19BrN2O/c1-8(12)11(15)13-6-9-4-5-14(7-9)10-2-3-10/h8-10H,2-7H2,1H3,(H,13,15). The first-order valence-corrected chi connectivity index (χ1v) is 6.74. The third-order valence-electron chi connectivity index (χ3n) is 3.31. The first kappa shape index (κ1) is 11.4. The second-order valence-corrected chi connectivity index (χ2v) is 6.12. The van der Waals surface area contributed by atoms with Gasteiger partial charge in [-0.25, -0.2) is 0 Å². The number of nitrogens with zero attached hydrogens (tertiary/aromatic N) is 1. The number of rotatable bonds is 4. The number of amides is 1. The first-order valence-electron chi connectivity index (χ1n) is 5.82. The molecule has 0 radical (unpaired) electrons. The van der Waals surface area contributed by atoms with Crippen LogP contribution in [-0.2, 0) is 4.79 Å². The molecule has 2 unspecified atom stereocenters. The summed E-state index contributed by atoms with van der Waals surface area (Å²) in [5.41, 5.74) is 0. The molecule has 4 heteroatoms. The van der Waals surface area contributed by atoms with Gasteiger partial charge in [-0.15, -0.1) is 0 Å². The molecule has 1 saturated heterocycles. The average molecular weight is 275 g/mol. The van der Waals surface area contributed by atoms with Crippen LogP contribution in [0.5, 0.6) is 0 Å². The normalized spacial score (nSPS) is 29.1. The van der Waals surface area contributed by atoms with Crippen LogP contribution >= 0.6 is 15.9 Å². The van der Waals surface area contributed by atoms with Crippen molar-refractivity contribution in [3.63, 3.8) is 0 Å². The van der Waals surface area contributed by atoms with Gasteiger partial charge in [0.05, 0.1) is 4.83 Å². The monoisotopic (exact) mass is 274 g/mol. The van der Waals surface area contributed by atoms with Crippen molar-refractivity contribution in [2.75, 3.05) is 19.6 Å². The van der Waals surface area contributed by atoms with Crippen LogP contribution in [0.4, 0.5) is 0 Å². The summed E-state index contributed by atoms with van der Waals surface area (Å²) >= 11 is 3.27. The van der Waals surface area contributed by atoms with Crippen molar-refractivity contribution in [1.82, 2.24) is 10.2 Å². The smallest absolute Gasteiger partial charge is 0.233 e. The van der Waals surface area contributed by atoms with E-state index in [2.05, 4.69) is 26.1 Å². The molecule has 3 nitrogen and oxygen atoms in total. The molecule has 1 aliphatic heterocycles. The Balaban J connectivity index is 1.66. The highest BCUT2D eigenvalue weighted by molar-refractivity contribution is 9.10. The molecule has 15 heavy (non-hydrogen) atoms. The maximum atomic E-state index is 11.4. The van der Waals surface area contributed by atoms with Crippen molar-refractivity contribution in [3.05, 3.63) is 0 Å². The lowest BCUT2D eigenvalue weighted by Gasteiger charge is -2.15. The molecule has 0 aromatic carbocycles. The fraction of sp³-hybridized carbons (Fsp3) is 0.909. The van der Waals surface area contributed by atoms with Crippen LogP contribution in [0.15, 0.2) is 0 Å². The molecule has 1 heterocycles. The zero-order valence-electron chi connectivity index (χ0n) is 9.21. The summed E-state index contributed by atoms with van der Waals surface area (Å²) in [6.07, 6.45) is 4.02. The van der Waals surface area contributed by atoms with Gasteiger partial charge >= 0.3 is 0 Å². The maximum Gasteiger partial charge on any atom is 0.233 e. The largest absolute Gasteiger partial charge is 0.355 e. The SMILES string of the molecule is CC(Br)C(=O)NCC1CCN(C2CC2)C1. The number of hydrogen-bond donors (Lipinski definition) is 1. The maximum absolute atomic E-state index is 11.4. The van der Waals surface area contributed by atoms with E-state index in [1.54, 1.807) is 0 Å². The minimum Gasteiger partial charge on any atom is -0.355 e. The average Bonchev–Trinajstić information content (AvgIpc) is 2.95. The second kappa shape index (κ2) is 4.83. The predicted molar refractivity (Wildman–Crippen MR) is 64.1 cm³/mol. The Morgan fingerprint density at radius 3 is 2.87 bits per heavy atom. The minimum atomic E-state index is -0.0709. The van der Waals surface area contributed by atoms with Crippen molar-refractivity contribution in [1.29, 1.82) is 0 Å². The zero-order chi connectivity index (χ0) is 10.8. The van der Waals surface area contributed by atoms with E-state index in [0.717, 1.165) is 12.6 Å². The van der Waals surface area contributed by atoms with E-state index < -0.39 is 0 Å². The summed E-state index contributed by atoms with van der Waals surface area (Å²) in [5, 5.41) is 2.99. The van der Waals surface area contributed by atoms with E-state index in [-0.39, 0.29) is 10.7 Å². The highest BCUT2D eigenvalue weighted by Gasteiger charge is 2.34. The molecule has 0 bridgehead atoms. The molecule has 0 aromatic heterocycles. The van der Waals surface area contributed by atoms with Crippen molar-refractivity contribution in [2.45, 2.75) is 37.1 Å². The highest BCUT2D eigenvalue weighted by Crippen LogP contribution is 2.31. The first-order chi connectivity index (χ1) is 7.16. The van der Waals surface area contributed by atoms with Crippen LogP contribution in [0.2, 0.25) is 0 Å². The van der Waals surface area contributed by atoms with E-state index in [0.29, 0.717) is 5.92 Å². The summed E-state index contributed by atoms with van der Waals surface area (Å²) in [5.74, 6) is 0.778. The molecule has 2 fully saturated rings. The third kappa shape index (κ3) is 3.18. The topological polar surface area (TPSA) is 32.3 Å². The van der Waals surface area contributed by atoms with Crippen molar-refractivity contribution in [3.8, 4) is 0 Å². The second-order valence-electron chi connectivity index (χ2n) is 4.74. The van der Waals surface area contributed by atoms with Gasteiger partial charge in [0.25, 0.3) is 0 Å². The van der Waals surface area contributed by atoms with Gasteiger partial charge in [-0.3, -0.25) is 4.79 Å². The number of hydrogen-bond acceptors (Lipinski definition) is 2. The van der Waals surface area contributed by atoms with Crippen LogP contribution in [0.25, 0.3) is 0 Å². The number of alkyl halides is 1. The lowest BCUT2D eigenvalue weighted by atomic mass is 10.1. The molecule has 1 amide bonds. The van der Waals surface area contributed by atoms with E-state index in [4.69, 9.17) is 0 Å². The van der Waals surface area contributed by atoms with E-state index in [9.17, 15) is 4.79 Å². The van der Waals surface area contributed by atoms with Crippen LogP contribution in [-0.4, -0.2) is 41.3 Å². The number of carbonyl (C=O) groups excluding carboxylic acids is 1. The molecule has 1 N–H and O–H groups in total. The van der Waals surface area contributed by atoms with Crippen LogP contribution < -0.4 is 5.32 Å². The van der Waals surface area contributed by atoms with Crippen molar-refractivity contribution >= 4 is 21.8 Å². The summed E-state index contributed by atoms with van der Waals surface area (Å²) in [6, 6.07) is 0.876. The number of carbonyl (C=O) groups is 1. The van der Waals surface area contributed by atoms with E-state index >= 15 is 0 Å². The van der Waals surface area contributed by atoms with Gasteiger partial charge in [0, 0.05) is 19.1 Å². The summed E-state index contributed by atoms with van der Waals surface area (Å²) in [4.78, 5) is 13.9. The van der Waals surface area contributed by atoms with Gasteiger partial charge < -0.3 is 10.2 Å². The van der Waals surface area contributed by atoms with Gasteiger partial charge in [0.2, 0.25) is 5.91 Å². The third-order valence-corrected chi connectivity index (χ3v) is 3.72. The molecule has 0 aromatic rings. The molecule has 2 aliphatic rings. The van der Waals surface area contributed by atoms with Crippen molar-refractivity contribution in [2.24, 2.45) is 5.92 Å². The van der Waals surface area contributed by atoms with Gasteiger partial charge in [-0.2, -0.15) is 0 Å². The summed E-state index contributed by atoms with van der Waals surface area (Å²) < 4.78 is 0. The fourth-order valence-corrected chi connectivity index (χ4v) is 2.35. The molecule has 1 aliphatic carbocycles. The molecular weight excluding hydrogens is 256 g/mol. The molecule has 2 rings (SSSR count). The Morgan fingerprint density at radius 2 is 2.27 bits per heavy atom. The highest BCUT2D eigenvalue weighted by atomic mass is 79.9. The summed E-state index contributed by atoms with van der Waals surface area (Å²) in [6.45, 7) is 5.12. The van der Waals surface area contributed by atoms with Gasteiger partial charge in [0.1, 0.15) is 0 Å². The minimum absolute atomic E-state index is 0.0709. The Bertz CT molecular complexity index is 241. The number of likely N-dealkylation sites (tertiary alicyclic amines) is 1. The van der Waals surface area contributed by atoms with E-state index in [1.165, 1.54) is 32.4 Å².